The van der Waals surface area contributed by atoms with Crippen LogP contribution < -0.4 is 0 Å². The lowest BCUT2D eigenvalue weighted by molar-refractivity contribution is 0.258. The van der Waals surface area contributed by atoms with Crippen molar-refractivity contribution >= 4 is 22.5 Å². The maximum atomic E-state index is 5.05. The first-order chi connectivity index (χ1) is 3.93. The van der Waals surface area contributed by atoms with Crippen molar-refractivity contribution in [1.29, 1.82) is 0 Å². The summed E-state index contributed by atoms with van der Waals surface area (Å²) in [6.45, 7) is 0. The van der Waals surface area contributed by atoms with Gasteiger partial charge in [-0.15, -0.1) is 11.7 Å². The molecule has 0 bridgehead atoms. The maximum Gasteiger partial charge on any atom is 0.171 e. The molecule has 0 aromatic heterocycles. The second-order valence-electron chi connectivity index (χ2n) is 1.32. The molecule has 0 aliphatic carbocycles. The van der Waals surface area contributed by atoms with Crippen LogP contribution in [0.15, 0.2) is 24.5 Å². The van der Waals surface area contributed by atoms with E-state index >= 15 is 0 Å². The number of thiol groups is 1. The van der Waals surface area contributed by atoms with Crippen molar-refractivity contribution in [1.82, 2.24) is 0 Å². The molecule has 0 N–H and O–H groups in total. The summed E-state index contributed by atoms with van der Waals surface area (Å²) in [7, 11) is 1.38. The van der Waals surface area contributed by atoms with Gasteiger partial charge in [-0.1, -0.05) is 6.08 Å². The van der Waals surface area contributed by atoms with E-state index in [1.54, 1.807) is 6.26 Å². The molecule has 0 radical (unpaired) electrons. The zero-order chi connectivity index (χ0) is 5.82. The molecule has 1 rings (SSSR count). The Hall–Kier alpha value is -0.0200. The average molecular weight is 146 g/mol. The number of rotatable bonds is 1. The van der Waals surface area contributed by atoms with Gasteiger partial charge < -0.3 is 4.74 Å². The minimum Gasteiger partial charge on any atom is -0.482 e. The monoisotopic (exact) mass is 146 g/mol. The van der Waals surface area contributed by atoms with E-state index in [-0.39, 0.29) is 5.44 Å². The van der Waals surface area contributed by atoms with Gasteiger partial charge in [0.05, 0.1) is 6.26 Å². The summed E-state index contributed by atoms with van der Waals surface area (Å²) in [4.78, 5) is 0. The fourth-order valence-electron chi connectivity index (χ4n) is 0.428. The van der Waals surface area contributed by atoms with Gasteiger partial charge in [0.2, 0.25) is 0 Å². The van der Waals surface area contributed by atoms with Gasteiger partial charge in [0.25, 0.3) is 0 Å². The second-order valence-corrected chi connectivity index (χ2v) is 2.63. The van der Waals surface area contributed by atoms with Crippen LogP contribution in [0.3, 0.4) is 0 Å². The molecule has 1 nitrogen and oxygen atoms in total. The van der Waals surface area contributed by atoms with Crippen molar-refractivity contribution in [3.8, 4) is 0 Å². The molecule has 0 aromatic carbocycles. The van der Waals surface area contributed by atoms with Crippen molar-refractivity contribution in [3.63, 3.8) is 0 Å². The molecule has 1 atom stereocenters. The minimum atomic E-state index is 0.100. The normalized spacial score (nSPS) is 25.4. The Morgan fingerprint density at radius 3 is 2.75 bits per heavy atom. The molecule has 0 spiro atoms. The summed E-state index contributed by atoms with van der Waals surface area (Å²) in [5.74, 6) is 0. The van der Waals surface area contributed by atoms with Crippen LogP contribution in [0, 0.1) is 0 Å². The average Bonchev–Trinajstić information content (AvgIpc) is 1.90. The first kappa shape index (κ1) is 6.11. The second kappa shape index (κ2) is 3.10. The van der Waals surface area contributed by atoms with Crippen LogP contribution in [0.2, 0.25) is 0 Å². The lowest BCUT2D eigenvalue weighted by Crippen LogP contribution is -1.98. The van der Waals surface area contributed by atoms with Gasteiger partial charge in [-0.25, -0.2) is 0 Å². The first-order valence-electron chi connectivity index (χ1n) is 2.22. The van der Waals surface area contributed by atoms with E-state index in [0.29, 0.717) is 0 Å². The summed E-state index contributed by atoms with van der Waals surface area (Å²) < 4.78 is 5.05. The summed E-state index contributed by atoms with van der Waals surface area (Å²) in [5, 5.41) is 0. The highest BCUT2D eigenvalue weighted by atomic mass is 33.1. The SMILES string of the molecule is SSC1C=CC=CO1. The molecule has 1 aliphatic heterocycles. The van der Waals surface area contributed by atoms with Gasteiger partial charge in [0, 0.05) is 0 Å². The van der Waals surface area contributed by atoms with Crippen LogP contribution in [0.5, 0.6) is 0 Å². The maximum absolute atomic E-state index is 5.05. The Kier molecular flexibility index (Phi) is 2.36. The van der Waals surface area contributed by atoms with Crippen LogP contribution in [0.1, 0.15) is 0 Å². The molecule has 0 fully saturated rings. The fourth-order valence-corrected chi connectivity index (χ4v) is 1.06. The van der Waals surface area contributed by atoms with Crippen LogP contribution in [-0.4, -0.2) is 5.44 Å². The van der Waals surface area contributed by atoms with Crippen molar-refractivity contribution in [2.75, 3.05) is 0 Å². The summed E-state index contributed by atoms with van der Waals surface area (Å²) in [6, 6.07) is 0. The van der Waals surface area contributed by atoms with E-state index in [0.717, 1.165) is 0 Å². The summed E-state index contributed by atoms with van der Waals surface area (Å²) >= 11 is 3.97. The van der Waals surface area contributed by atoms with Gasteiger partial charge in [-0.05, 0) is 22.9 Å². The number of ether oxygens (including phenoxy) is 1. The zero-order valence-electron chi connectivity index (χ0n) is 4.15. The Labute approximate surface area is 57.6 Å². The van der Waals surface area contributed by atoms with Crippen molar-refractivity contribution in [2.24, 2.45) is 0 Å². The molecule has 1 aliphatic rings. The van der Waals surface area contributed by atoms with Crippen LogP contribution in [0.25, 0.3) is 0 Å². The molecular weight excluding hydrogens is 140 g/mol. The van der Waals surface area contributed by atoms with E-state index < -0.39 is 0 Å². The van der Waals surface area contributed by atoms with Gasteiger partial charge in [-0.2, -0.15) is 0 Å². The smallest absolute Gasteiger partial charge is 0.171 e. The van der Waals surface area contributed by atoms with Gasteiger partial charge in [0.1, 0.15) is 0 Å². The zero-order valence-corrected chi connectivity index (χ0v) is 5.86. The van der Waals surface area contributed by atoms with Crippen LogP contribution >= 0.6 is 22.5 Å². The van der Waals surface area contributed by atoms with Crippen molar-refractivity contribution in [3.05, 3.63) is 24.5 Å². The predicted molar refractivity (Wildman–Crippen MR) is 39.7 cm³/mol. The third-order valence-electron chi connectivity index (χ3n) is 0.775. The Morgan fingerprint density at radius 2 is 2.38 bits per heavy atom. The van der Waals surface area contributed by atoms with Gasteiger partial charge >= 0.3 is 0 Å². The standard InChI is InChI=1S/C5H6OS2/c7-8-5-3-1-2-4-6-5/h1-5,7H. The topological polar surface area (TPSA) is 9.23 Å². The molecule has 1 unspecified atom stereocenters. The largest absolute Gasteiger partial charge is 0.482 e. The molecule has 0 saturated heterocycles. The highest BCUT2D eigenvalue weighted by Gasteiger charge is 2.00. The Bertz CT molecular complexity index is 120. The summed E-state index contributed by atoms with van der Waals surface area (Å²) in [5.41, 5.74) is 0.100. The van der Waals surface area contributed by atoms with Crippen LogP contribution in [0.4, 0.5) is 0 Å². The highest BCUT2D eigenvalue weighted by Crippen LogP contribution is 2.19. The molecule has 3 heteroatoms. The molecule has 0 saturated carbocycles. The minimum absolute atomic E-state index is 0.100. The van der Waals surface area contributed by atoms with E-state index in [1.165, 1.54) is 10.8 Å². The predicted octanol–water partition coefficient (Wildman–Crippen LogP) is 1.99. The molecule has 0 aromatic rings. The van der Waals surface area contributed by atoms with Gasteiger partial charge in [0.15, 0.2) is 5.44 Å². The summed E-state index contributed by atoms with van der Waals surface area (Å²) in [6.07, 6.45) is 7.39. The highest BCUT2D eigenvalue weighted by molar-refractivity contribution is 8.68. The van der Waals surface area contributed by atoms with Crippen LogP contribution in [-0.2, 0) is 4.74 Å². The van der Waals surface area contributed by atoms with E-state index in [2.05, 4.69) is 11.7 Å². The van der Waals surface area contributed by atoms with Gasteiger partial charge in [-0.3, -0.25) is 0 Å². The quantitative estimate of drug-likeness (QED) is 0.447. The molecule has 0 amide bonds. The van der Waals surface area contributed by atoms with Crippen molar-refractivity contribution < 1.29 is 4.74 Å². The lowest BCUT2D eigenvalue weighted by atomic mass is 10.4. The number of hydrogen-bond donors (Lipinski definition) is 1. The molecular formula is C5H6OS2. The van der Waals surface area contributed by atoms with Crippen molar-refractivity contribution in [2.45, 2.75) is 5.44 Å². The third-order valence-corrected chi connectivity index (χ3v) is 1.87. The van der Waals surface area contributed by atoms with E-state index in [9.17, 15) is 0 Å². The molecule has 44 valence electrons. The number of hydrogen-bond acceptors (Lipinski definition) is 3. The Balaban J connectivity index is 2.40. The first-order valence-corrected chi connectivity index (χ1v) is 4.16. The Morgan fingerprint density at radius 1 is 1.50 bits per heavy atom. The molecule has 8 heavy (non-hydrogen) atoms. The molecule has 1 heterocycles. The lowest BCUT2D eigenvalue weighted by Gasteiger charge is -2.09. The third kappa shape index (κ3) is 1.49. The number of allylic oxidation sites excluding steroid dienone is 2. The van der Waals surface area contributed by atoms with E-state index in [4.69, 9.17) is 4.74 Å². The van der Waals surface area contributed by atoms with E-state index in [1.807, 2.05) is 18.2 Å². The fraction of sp³-hybridized carbons (Fsp3) is 0.200.